The summed E-state index contributed by atoms with van der Waals surface area (Å²) in [7, 11) is 0. The number of nitrogens with one attached hydrogen (secondary N) is 1. The first kappa shape index (κ1) is 6.88. The second-order valence-corrected chi connectivity index (χ2v) is 1.11. The summed E-state index contributed by atoms with van der Waals surface area (Å²) in [5.41, 5.74) is 1.98. The second-order valence-electron chi connectivity index (χ2n) is 1.11. The topological polar surface area (TPSA) is 41.5 Å². The van der Waals surface area contributed by atoms with Gasteiger partial charge < -0.3 is 9.94 Å². The SMILES string of the molecule is CCOCCNO. The first-order valence-electron chi connectivity index (χ1n) is 2.36. The molecule has 0 aromatic heterocycles. The molecule has 44 valence electrons. The van der Waals surface area contributed by atoms with E-state index in [0.717, 1.165) is 0 Å². The van der Waals surface area contributed by atoms with E-state index in [1.165, 1.54) is 0 Å². The van der Waals surface area contributed by atoms with Crippen molar-refractivity contribution in [1.82, 2.24) is 5.48 Å². The van der Waals surface area contributed by atoms with E-state index in [1.807, 2.05) is 12.4 Å². The van der Waals surface area contributed by atoms with Crippen LogP contribution in [0.15, 0.2) is 0 Å². The van der Waals surface area contributed by atoms with Gasteiger partial charge in [-0.25, -0.2) is 5.48 Å². The van der Waals surface area contributed by atoms with Crippen LogP contribution >= 0.6 is 0 Å². The van der Waals surface area contributed by atoms with E-state index < -0.39 is 0 Å². The van der Waals surface area contributed by atoms with Crippen molar-refractivity contribution in [1.29, 1.82) is 0 Å². The van der Waals surface area contributed by atoms with Gasteiger partial charge in [0.05, 0.1) is 6.61 Å². The third-order valence-electron chi connectivity index (χ3n) is 0.562. The summed E-state index contributed by atoms with van der Waals surface area (Å²) in [6, 6.07) is 0. The van der Waals surface area contributed by atoms with Crippen LogP contribution in [0.25, 0.3) is 0 Å². The van der Waals surface area contributed by atoms with Crippen LogP contribution in [0, 0.1) is 0 Å². The van der Waals surface area contributed by atoms with E-state index in [1.54, 1.807) is 0 Å². The van der Waals surface area contributed by atoms with Gasteiger partial charge in [0.1, 0.15) is 0 Å². The van der Waals surface area contributed by atoms with Crippen LogP contribution in [0.5, 0.6) is 0 Å². The van der Waals surface area contributed by atoms with Gasteiger partial charge in [-0.2, -0.15) is 0 Å². The van der Waals surface area contributed by atoms with Crippen molar-refractivity contribution in [2.75, 3.05) is 19.8 Å². The maximum atomic E-state index is 7.96. The van der Waals surface area contributed by atoms with Gasteiger partial charge in [-0.3, -0.25) is 0 Å². The lowest BCUT2D eigenvalue weighted by atomic mass is 10.7. The predicted octanol–water partition coefficient (Wildman–Crippen LogP) is 0.00170. The highest BCUT2D eigenvalue weighted by Gasteiger charge is 1.78. The Kier molecular flexibility index (Phi) is 5.78. The first-order chi connectivity index (χ1) is 3.41. The summed E-state index contributed by atoms with van der Waals surface area (Å²) < 4.78 is 4.85. The van der Waals surface area contributed by atoms with Gasteiger partial charge in [-0.05, 0) is 6.92 Å². The summed E-state index contributed by atoms with van der Waals surface area (Å²) in [5, 5.41) is 7.96. The molecule has 0 aliphatic rings. The van der Waals surface area contributed by atoms with E-state index in [-0.39, 0.29) is 0 Å². The van der Waals surface area contributed by atoms with Gasteiger partial charge in [0.15, 0.2) is 0 Å². The molecule has 0 heterocycles. The maximum Gasteiger partial charge on any atom is 0.0613 e. The number of rotatable bonds is 4. The fraction of sp³-hybridized carbons (Fsp3) is 1.00. The van der Waals surface area contributed by atoms with Crippen molar-refractivity contribution >= 4 is 0 Å². The maximum absolute atomic E-state index is 7.96. The van der Waals surface area contributed by atoms with Crippen molar-refractivity contribution in [2.45, 2.75) is 6.92 Å². The zero-order valence-corrected chi connectivity index (χ0v) is 4.48. The summed E-state index contributed by atoms with van der Waals surface area (Å²) in [6.07, 6.45) is 0. The fourth-order valence-electron chi connectivity index (χ4n) is 0.262. The first-order valence-corrected chi connectivity index (χ1v) is 2.36. The molecule has 0 unspecified atom stereocenters. The number of hydrogen-bond donors (Lipinski definition) is 2. The molecule has 7 heavy (non-hydrogen) atoms. The van der Waals surface area contributed by atoms with Crippen molar-refractivity contribution in [3.63, 3.8) is 0 Å². The summed E-state index contributed by atoms with van der Waals surface area (Å²) in [6.45, 7) is 3.71. The molecular formula is C4H11NO2. The zero-order valence-electron chi connectivity index (χ0n) is 4.48. The van der Waals surface area contributed by atoms with Gasteiger partial charge in [0, 0.05) is 13.2 Å². The molecule has 0 aromatic carbocycles. The highest BCUT2D eigenvalue weighted by atomic mass is 16.5. The van der Waals surface area contributed by atoms with Crippen LogP contribution < -0.4 is 5.48 Å². The smallest absolute Gasteiger partial charge is 0.0613 e. The number of hydroxylamine groups is 1. The van der Waals surface area contributed by atoms with Gasteiger partial charge in [0.2, 0.25) is 0 Å². The Labute approximate surface area is 43.2 Å². The van der Waals surface area contributed by atoms with Crippen molar-refractivity contribution in [2.24, 2.45) is 0 Å². The lowest BCUT2D eigenvalue weighted by Crippen LogP contribution is -2.14. The number of hydrogen-bond acceptors (Lipinski definition) is 3. The molecule has 0 amide bonds. The highest BCUT2D eigenvalue weighted by molar-refractivity contribution is 4.27. The molecule has 0 bridgehead atoms. The Morgan fingerprint density at radius 1 is 1.71 bits per heavy atom. The molecule has 0 spiro atoms. The molecule has 0 aromatic rings. The Hall–Kier alpha value is -0.120. The minimum absolute atomic E-state index is 0.508. The van der Waals surface area contributed by atoms with E-state index in [9.17, 15) is 0 Å². The molecule has 3 nitrogen and oxygen atoms in total. The van der Waals surface area contributed by atoms with Crippen molar-refractivity contribution in [3.05, 3.63) is 0 Å². The van der Waals surface area contributed by atoms with Crippen LogP contribution in [0.2, 0.25) is 0 Å². The molecule has 3 heteroatoms. The summed E-state index contributed by atoms with van der Waals surface area (Å²) in [5.74, 6) is 0. The van der Waals surface area contributed by atoms with Gasteiger partial charge >= 0.3 is 0 Å². The Balaban J connectivity index is 2.45. The molecule has 0 rings (SSSR count). The molecule has 0 saturated heterocycles. The fourth-order valence-corrected chi connectivity index (χ4v) is 0.262. The Bertz CT molecular complexity index is 28.9. The van der Waals surface area contributed by atoms with Crippen LogP contribution in [0.3, 0.4) is 0 Å². The molecule has 0 fully saturated rings. The summed E-state index contributed by atoms with van der Waals surface area (Å²) in [4.78, 5) is 0. The van der Waals surface area contributed by atoms with Crippen LogP contribution in [0.4, 0.5) is 0 Å². The normalized spacial score (nSPS) is 9.43. The molecule has 0 aliphatic carbocycles. The third kappa shape index (κ3) is 5.88. The van der Waals surface area contributed by atoms with Crippen molar-refractivity contribution < 1.29 is 9.94 Å². The van der Waals surface area contributed by atoms with E-state index in [0.29, 0.717) is 19.8 Å². The molecular weight excluding hydrogens is 94.0 g/mol. The molecule has 0 saturated carbocycles. The van der Waals surface area contributed by atoms with Crippen molar-refractivity contribution in [3.8, 4) is 0 Å². The second kappa shape index (κ2) is 5.88. The molecule has 0 atom stereocenters. The predicted molar refractivity (Wildman–Crippen MR) is 26.3 cm³/mol. The zero-order chi connectivity index (χ0) is 5.54. The monoisotopic (exact) mass is 105 g/mol. The van der Waals surface area contributed by atoms with Crippen LogP contribution in [0.1, 0.15) is 6.92 Å². The van der Waals surface area contributed by atoms with E-state index in [2.05, 4.69) is 0 Å². The summed E-state index contributed by atoms with van der Waals surface area (Å²) >= 11 is 0. The average Bonchev–Trinajstić information content (AvgIpc) is 1.69. The standard InChI is InChI=1S/C4H11NO2/c1-2-7-4-3-5-6/h5-6H,2-4H2,1H3. The Morgan fingerprint density at radius 2 is 2.43 bits per heavy atom. The minimum Gasteiger partial charge on any atom is -0.380 e. The van der Waals surface area contributed by atoms with E-state index >= 15 is 0 Å². The van der Waals surface area contributed by atoms with Gasteiger partial charge in [0.25, 0.3) is 0 Å². The molecule has 2 N–H and O–H groups in total. The van der Waals surface area contributed by atoms with Gasteiger partial charge in [-0.15, -0.1) is 0 Å². The quantitative estimate of drug-likeness (QED) is 0.390. The van der Waals surface area contributed by atoms with E-state index in [4.69, 9.17) is 9.94 Å². The molecule has 0 radical (unpaired) electrons. The average molecular weight is 105 g/mol. The minimum atomic E-state index is 0.508. The molecule has 0 aliphatic heterocycles. The largest absolute Gasteiger partial charge is 0.380 e. The van der Waals surface area contributed by atoms with Gasteiger partial charge in [-0.1, -0.05) is 0 Å². The highest BCUT2D eigenvalue weighted by Crippen LogP contribution is 1.66. The lowest BCUT2D eigenvalue weighted by Gasteiger charge is -1.95. The van der Waals surface area contributed by atoms with Crippen LogP contribution in [-0.4, -0.2) is 25.0 Å². The lowest BCUT2D eigenvalue weighted by molar-refractivity contribution is 0.0973. The Morgan fingerprint density at radius 3 is 2.86 bits per heavy atom. The third-order valence-corrected chi connectivity index (χ3v) is 0.562. The number of ether oxygens (including phenoxy) is 1. The van der Waals surface area contributed by atoms with Crippen LogP contribution in [-0.2, 0) is 4.74 Å².